The van der Waals surface area contributed by atoms with E-state index in [1.165, 1.54) is 0 Å². The van der Waals surface area contributed by atoms with E-state index in [9.17, 15) is 13.6 Å². The summed E-state index contributed by atoms with van der Waals surface area (Å²) in [4.78, 5) is 14.1. The monoisotopic (exact) mass is 335 g/mol. The highest BCUT2D eigenvalue weighted by Gasteiger charge is 2.26. The van der Waals surface area contributed by atoms with Crippen molar-refractivity contribution in [3.63, 3.8) is 0 Å². The predicted molar refractivity (Wildman–Crippen MR) is 83.2 cm³/mol. The van der Waals surface area contributed by atoms with Gasteiger partial charge in [0.15, 0.2) is 0 Å². The molecule has 7 heteroatoms. The summed E-state index contributed by atoms with van der Waals surface area (Å²) in [5, 5.41) is 4.11. The third-order valence-electron chi connectivity index (χ3n) is 4.13. The molecule has 2 heterocycles. The second kappa shape index (κ2) is 7.09. The van der Waals surface area contributed by atoms with E-state index in [4.69, 9.17) is 4.74 Å². The van der Waals surface area contributed by atoms with Gasteiger partial charge in [-0.25, -0.2) is 8.78 Å². The van der Waals surface area contributed by atoms with Gasteiger partial charge in [-0.3, -0.25) is 9.48 Å². The lowest BCUT2D eigenvalue weighted by molar-refractivity contribution is -0.139. The molecule has 3 rings (SSSR count). The highest BCUT2D eigenvalue weighted by atomic mass is 19.1. The van der Waals surface area contributed by atoms with Crippen molar-refractivity contribution in [2.75, 3.05) is 19.7 Å². The van der Waals surface area contributed by atoms with E-state index in [0.717, 1.165) is 23.8 Å². The largest absolute Gasteiger partial charge is 0.370 e. The van der Waals surface area contributed by atoms with Gasteiger partial charge < -0.3 is 9.64 Å². The summed E-state index contributed by atoms with van der Waals surface area (Å²) in [6.07, 6.45) is 3.70. The standard InChI is InChI=1S/C17H19F2N3O2/c1-21-10-13(9-20-21)16-11-22(6-7-24-16)17(23)5-2-12-8-14(18)3-4-15(12)19/h3-4,8-10,16H,2,5-7,11H2,1H3/t16-/m1/s1. The van der Waals surface area contributed by atoms with Crippen molar-refractivity contribution < 1.29 is 18.3 Å². The Bertz CT molecular complexity index is 732. The van der Waals surface area contributed by atoms with Gasteiger partial charge in [0.1, 0.15) is 17.7 Å². The number of aromatic nitrogens is 2. The molecule has 0 spiro atoms. The molecule has 24 heavy (non-hydrogen) atoms. The van der Waals surface area contributed by atoms with Gasteiger partial charge in [-0.15, -0.1) is 0 Å². The number of hydrogen-bond acceptors (Lipinski definition) is 3. The zero-order chi connectivity index (χ0) is 17.1. The lowest BCUT2D eigenvalue weighted by Crippen LogP contribution is -2.42. The minimum Gasteiger partial charge on any atom is -0.370 e. The number of nitrogens with zero attached hydrogens (tertiary/aromatic N) is 3. The fourth-order valence-electron chi connectivity index (χ4n) is 2.82. The summed E-state index contributed by atoms with van der Waals surface area (Å²) in [5.41, 5.74) is 1.14. The van der Waals surface area contributed by atoms with Gasteiger partial charge in [0.25, 0.3) is 0 Å². The minimum absolute atomic E-state index is 0.0872. The van der Waals surface area contributed by atoms with Crippen LogP contribution >= 0.6 is 0 Å². The summed E-state index contributed by atoms with van der Waals surface area (Å²) in [6, 6.07) is 3.30. The number of carbonyl (C=O) groups is 1. The van der Waals surface area contributed by atoms with Gasteiger partial charge in [-0.1, -0.05) is 0 Å². The molecule has 0 unspecified atom stereocenters. The fraction of sp³-hybridized carbons (Fsp3) is 0.412. The molecule has 1 aromatic heterocycles. The van der Waals surface area contributed by atoms with Gasteiger partial charge in [-0.2, -0.15) is 5.10 Å². The van der Waals surface area contributed by atoms with Gasteiger partial charge in [0, 0.05) is 31.8 Å². The van der Waals surface area contributed by atoms with E-state index in [1.54, 1.807) is 15.8 Å². The first-order valence-electron chi connectivity index (χ1n) is 7.85. The van der Waals surface area contributed by atoms with Crippen molar-refractivity contribution in [3.8, 4) is 0 Å². The molecule has 0 aliphatic carbocycles. The number of halogens is 2. The first kappa shape index (κ1) is 16.6. The van der Waals surface area contributed by atoms with Crippen LogP contribution in [0.5, 0.6) is 0 Å². The molecular formula is C17H19F2N3O2. The first-order chi connectivity index (χ1) is 11.5. The SMILES string of the molecule is Cn1cc([C@H]2CN(C(=O)CCc3cc(F)ccc3F)CCO2)cn1. The molecule has 0 saturated carbocycles. The Morgan fingerprint density at radius 1 is 1.42 bits per heavy atom. The van der Waals surface area contributed by atoms with Crippen LogP contribution in [0, 0.1) is 11.6 Å². The van der Waals surface area contributed by atoms with Crippen LogP contribution < -0.4 is 0 Å². The molecule has 0 bridgehead atoms. The van der Waals surface area contributed by atoms with Gasteiger partial charge in [-0.05, 0) is 30.2 Å². The molecule has 1 fully saturated rings. The highest BCUT2D eigenvalue weighted by Crippen LogP contribution is 2.22. The van der Waals surface area contributed by atoms with E-state index < -0.39 is 11.6 Å². The fourth-order valence-corrected chi connectivity index (χ4v) is 2.82. The van der Waals surface area contributed by atoms with Crippen LogP contribution in [0.1, 0.15) is 23.7 Å². The predicted octanol–water partition coefficient (Wildman–Crippen LogP) is 2.23. The van der Waals surface area contributed by atoms with E-state index in [-0.39, 0.29) is 30.4 Å². The topological polar surface area (TPSA) is 47.4 Å². The number of benzene rings is 1. The number of hydrogen-bond donors (Lipinski definition) is 0. The van der Waals surface area contributed by atoms with Crippen molar-refractivity contribution in [1.82, 2.24) is 14.7 Å². The van der Waals surface area contributed by atoms with Crippen LogP contribution in [0.3, 0.4) is 0 Å². The van der Waals surface area contributed by atoms with E-state index in [0.29, 0.717) is 19.7 Å². The van der Waals surface area contributed by atoms with Crippen molar-refractivity contribution in [2.24, 2.45) is 7.05 Å². The smallest absolute Gasteiger partial charge is 0.223 e. The Morgan fingerprint density at radius 2 is 2.25 bits per heavy atom. The lowest BCUT2D eigenvalue weighted by Gasteiger charge is -2.32. The third-order valence-corrected chi connectivity index (χ3v) is 4.13. The molecule has 2 aromatic rings. The van der Waals surface area contributed by atoms with Crippen LogP contribution in [0.25, 0.3) is 0 Å². The molecular weight excluding hydrogens is 316 g/mol. The van der Waals surface area contributed by atoms with Crippen LogP contribution in [0.4, 0.5) is 8.78 Å². The lowest BCUT2D eigenvalue weighted by atomic mass is 10.1. The van der Waals surface area contributed by atoms with Crippen LogP contribution in [-0.2, 0) is 23.0 Å². The van der Waals surface area contributed by atoms with Gasteiger partial charge in [0.05, 0.1) is 19.3 Å². The quantitative estimate of drug-likeness (QED) is 0.861. The summed E-state index contributed by atoms with van der Waals surface area (Å²) < 4.78 is 34.2. The van der Waals surface area contributed by atoms with Crippen LogP contribution in [0.15, 0.2) is 30.6 Å². The molecule has 1 saturated heterocycles. The molecule has 0 N–H and O–H groups in total. The third kappa shape index (κ3) is 3.79. The maximum atomic E-state index is 13.6. The molecule has 1 atom stereocenters. The van der Waals surface area contributed by atoms with E-state index >= 15 is 0 Å². The molecule has 1 aliphatic heterocycles. The maximum Gasteiger partial charge on any atom is 0.223 e. The number of aryl methyl sites for hydroxylation is 2. The molecule has 1 aromatic carbocycles. The Hall–Kier alpha value is -2.28. The average Bonchev–Trinajstić information content (AvgIpc) is 3.02. The molecule has 1 amide bonds. The van der Waals surface area contributed by atoms with E-state index in [1.807, 2.05) is 13.2 Å². The zero-order valence-corrected chi connectivity index (χ0v) is 13.4. The van der Waals surface area contributed by atoms with Gasteiger partial charge in [0.2, 0.25) is 5.91 Å². The Morgan fingerprint density at radius 3 is 3.00 bits per heavy atom. The molecule has 0 radical (unpaired) electrons. The number of morpholine rings is 1. The van der Waals surface area contributed by atoms with Crippen LogP contribution in [0.2, 0.25) is 0 Å². The summed E-state index contributed by atoms with van der Waals surface area (Å²) in [6.45, 7) is 1.39. The molecule has 128 valence electrons. The minimum atomic E-state index is -0.498. The Kier molecular flexibility index (Phi) is 4.89. The number of ether oxygens (including phenoxy) is 1. The van der Waals surface area contributed by atoms with Crippen LogP contribution in [-0.4, -0.2) is 40.3 Å². The normalized spacial score (nSPS) is 18.0. The van der Waals surface area contributed by atoms with Crippen molar-refractivity contribution in [1.29, 1.82) is 0 Å². The maximum absolute atomic E-state index is 13.6. The summed E-state index contributed by atoms with van der Waals surface area (Å²) in [7, 11) is 1.82. The van der Waals surface area contributed by atoms with Crippen molar-refractivity contribution >= 4 is 5.91 Å². The highest BCUT2D eigenvalue weighted by molar-refractivity contribution is 5.76. The van der Waals surface area contributed by atoms with Crippen molar-refractivity contribution in [2.45, 2.75) is 18.9 Å². The summed E-state index contributed by atoms with van der Waals surface area (Å²) in [5.74, 6) is -1.07. The second-order valence-corrected chi connectivity index (χ2v) is 5.88. The molecule has 5 nitrogen and oxygen atoms in total. The first-order valence-corrected chi connectivity index (χ1v) is 7.85. The van der Waals surface area contributed by atoms with Gasteiger partial charge >= 0.3 is 0 Å². The zero-order valence-electron chi connectivity index (χ0n) is 13.4. The number of amides is 1. The molecule has 1 aliphatic rings. The number of carbonyl (C=O) groups excluding carboxylic acids is 1. The van der Waals surface area contributed by atoms with E-state index in [2.05, 4.69) is 5.10 Å². The van der Waals surface area contributed by atoms with Crippen molar-refractivity contribution in [3.05, 3.63) is 53.4 Å². The average molecular weight is 335 g/mol. The number of rotatable bonds is 4. The summed E-state index contributed by atoms with van der Waals surface area (Å²) >= 11 is 0. The second-order valence-electron chi connectivity index (χ2n) is 5.88. The Balaban J connectivity index is 1.59. The Labute approximate surface area is 138 Å².